The summed E-state index contributed by atoms with van der Waals surface area (Å²) in [5.74, 6) is -0.492. The normalized spacial score (nSPS) is 13.3. The quantitative estimate of drug-likeness (QED) is 0.646. The van der Waals surface area contributed by atoms with Crippen molar-refractivity contribution in [3.8, 4) is 0 Å². The van der Waals surface area contributed by atoms with E-state index < -0.39 is 37.3 Å². The SMILES string of the molecule is CCn1ccc(CC(NC(=O)OC(C)(C)C)C(=O)CP(=O)(OC)OC)n1. The van der Waals surface area contributed by atoms with Crippen molar-refractivity contribution in [3.05, 3.63) is 18.0 Å². The Balaban J connectivity index is 2.94. The molecule has 0 saturated carbocycles. The fourth-order valence-electron chi connectivity index (χ4n) is 2.10. The molecule has 0 spiro atoms. The second kappa shape index (κ2) is 9.30. The number of aromatic nitrogens is 2. The maximum Gasteiger partial charge on any atom is 0.408 e. The average Bonchev–Trinajstić information content (AvgIpc) is 3.00. The molecule has 9 nitrogen and oxygen atoms in total. The van der Waals surface area contributed by atoms with Crippen molar-refractivity contribution in [1.29, 1.82) is 0 Å². The van der Waals surface area contributed by atoms with Crippen LogP contribution >= 0.6 is 7.60 Å². The van der Waals surface area contributed by atoms with E-state index in [4.69, 9.17) is 13.8 Å². The number of alkyl carbamates (subject to hydrolysis) is 1. The van der Waals surface area contributed by atoms with Gasteiger partial charge in [-0.05, 0) is 33.8 Å². The molecule has 0 aromatic carbocycles. The molecule has 0 saturated heterocycles. The van der Waals surface area contributed by atoms with E-state index in [0.717, 1.165) is 0 Å². The van der Waals surface area contributed by atoms with Crippen LogP contribution in [0.5, 0.6) is 0 Å². The molecule has 10 heteroatoms. The molecule has 1 aromatic heterocycles. The maximum atomic E-state index is 12.6. The van der Waals surface area contributed by atoms with E-state index in [1.54, 1.807) is 37.7 Å². The van der Waals surface area contributed by atoms with E-state index in [9.17, 15) is 14.2 Å². The molecule has 1 aromatic rings. The van der Waals surface area contributed by atoms with Gasteiger partial charge in [0.2, 0.25) is 0 Å². The van der Waals surface area contributed by atoms with Gasteiger partial charge in [0, 0.05) is 33.4 Å². The van der Waals surface area contributed by atoms with E-state index >= 15 is 0 Å². The summed E-state index contributed by atoms with van der Waals surface area (Å²) in [5.41, 5.74) is -0.0959. The van der Waals surface area contributed by atoms with Gasteiger partial charge in [-0.2, -0.15) is 5.10 Å². The Labute approximate surface area is 153 Å². The van der Waals surface area contributed by atoms with Crippen molar-refractivity contribution in [3.63, 3.8) is 0 Å². The Morgan fingerprint density at radius 2 is 1.92 bits per heavy atom. The summed E-state index contributed by atoms with van der Waals surface area (Å²) in [6.07, 6.45) is 0.711. The first-order chi connectivity index (χ1) is 12.0. The largest absolute Gasteiger partial charge is 0.444 e. The van der Waals surface area contributed by atoms with E-state index in [1.165, 1.54) is 14.2 Å². The highest BCUT2D eigenvalue weighted by molar-refractivity contribution is 7.54. The molecule has 0 aliphatic carbocycles. The van der Waals surface area contributed by atoms with E-state index in [-0.39, 0.29) is 6.42 Å². The second-order valence-corrected chi connectivity index (χ2v) is 8.93. The summed E-state index contributed by atoms with van der Waals surface area (Å²) in [6, 6.07) is 0.788. The topological polar surface area (TPSA) is 109 Å². The van der Waals surface area contributed by atoms with Crippen molar-refractivity contribution in [2.75, 3.05) is 20.4 Å². The predicted octanol–water partition coefficient (Wildman–Crippen LogP) is 2.39. The molecule has 1 heterocycles. The Bertz CT molecular complexity index is 659. The van der Waals surface area contributed by atoms with Crippen molar-refractivity contribution < 1.29 is 27.9 Å². The van der Waals surface area contributed by atoms with E-state index in [0.29, 0.717) is 12.2 Å². The van der Waals surface area contributed by atoms with Crippen LogP contribution in [0.15, 0.2) is 12.3 Å². The zero-order chi connectivity index (χ0) is 20.0. The van der Waals surface area contributed by atoms with Crippen molar-refractivity contribution in [2.24, 2.45) is 0 Å². The minimum atomic E-state index is -3.55. The standard InChI is InChI=1S/C16H28N3O6P/c1-7-19-9-8-12(18-19)10-13(17-15(21)25-16(2,3)4)14(20)11-26(22,23-5)24-6/h8-9,13H,7,10-11H2,1-6H3,(H,17,21). The summed E-state index contributed by atoms with van der Waals surface area (Å²) in [6.45, 7) is 7.77. The Morgan fingerprint density at radius 1 is 1.31 bits per heavy atom. The molecule has 148 valence electrons. The van der Waals surface area contributed by atoms with Crippen LogP contribution in [0, 0.1) is 0 Å². The summed E-state index contributed by atoms with van der Waals surface area (Å²) in [7, 11) is -1.14. The molecule has 1 rings (SSSR count). The highest BCUT2D eigenvalue weighted by atomic mass is 31.2. The summed E-state index contributed by atoms with van der Waals surface area (Å²) < 4.78 is 28.8. The number of rotatable bonds is 9. The summed E-state index contributed by atoms with van der Waals surface area (Å²) in [4.78, 5) is 24.7. The van der Waals surface area contributed by atoms with Crippen LogP contribution in [-0.2, 0) is 36.1 Å². The molecular weight excluding hydrogens is 361 g/mol. The number of nitrogens with one attached hydrogen (secondary N) is 1. The smallest absolute Gasteiger partial charge is 0.408 e. The van der Waals surface area contributed by atoms with Crippen molar-refractivity contribution in [1.82, 2.24) is 15.1 Å². The van der Waals surface area contributed by atoms with Crippen molar-refractivity contribution in [2.45, 2.75) is 52.3 Å². The van der Waals surface area contributed by atoms with Gasteiger partial charge < -0.3 is 19.1 Å². The van der Waals surface area contributed by atoms with Gasteiger partial charge in [0.15, 0.2) is 5.78 Å². The molecule has 0 aliphatic rings. The minimum Gasteiger partial charge on any atom is -0.444 e. The fraction of sp³-hybridized carbons (Fsp3) is 0.688. The van der Waals surface area contributed by atoms with Gasteiger partial charge in [-0.1, -0.05) is 0 Å². The van der Waals surface area contributed by atoms with Crippen LogP contribution < -0.4 is 5.32 Å². The number of Topliss-reactive ketones (excluding diaryl/α,β-unsaturated/α-hetero) is 1. The second-order valence-electron chi connectivity index (χ2n) is 6.67. The summed E-state index contributed by atoms with van der Waals surface area (Å²) in [5, 5.41) is 6.84. The Hall–Kier alpha value is -1.70. The first kappa shape index (κ1) is 22.3. The van der Waals surface area contributed by atoms with Crippen molar-refractivity contribution >= 4 is 19.5 Å². The van der Waals surface area contributed by atoms with Crippen LogP contribution in [0.25, 0.3) is 0 Å². The van der Waals surface area contributed by atoms with Crippen LogP contribution in [0.2, 0.25) is 0 Å². The highest BCUT2D eigenvalue weighted by Crippen LogP contribution is 2.46. The Morgan fingerprint density at radius 3 is 2.38 bits per heavy atom. The first-order valence-corrected chi connectivity index (χ1v) is 9.99. The number of carbonyl (C=O) groups excluding carboxylic acids is 2. The molecule has 1 unspecified atom stereocenters. The first-order valence-electron chi connectivity index (χ1n) is 8.27. The molecule has 1 N–H and O–H groups in total. The average molecular weight is 389 g/mol. The van der Waals surface area contributed by atoms with Gasteiger partial charge in [-0.25, -0.2) is 4.79 Å². The number of ether oxygens (including phenoxy) is 1. The number of carbonyl (C=O) groups is 2. The van der Waals surface area contributed by atoms with Gasteiger partial charge in [0.25, 0.3) is 0 Å². The molecule has 26 heavy (non-hydrogen) atoms. The third-order valence-electron chi connectivity index (χ3n) is 3.42. The van der Waals surface area contributed by atoms with Crippen LogP contribution in [0.3, 0.4) is 0 Å². The molecule has 1 amide bonds. The zero-order valence-electron chi connectivity index (χ0n) is 16.1. The third-order valence-corrected chi connectivity index (χ3v) is 5.23. The molecule has 0 radical (unpaired) electrons. The number of hydrogen-bond acceptors (Lipinski definition) is 7. The van der Waals surface area contributed by atoms with Gasteiger partial charge in [0.1, 0.15) is 11.8 Å². The lowest BCUT2D eigenvalue weighted by molar-refractivity contribution is -0.119. The van der Waals surface area contributed by atoms with Gasteiger partial charge >= 0.3 is 13.7 Å². The maximum absolute atomic E-state index is 12.6. The number of aryl methyl sites for hydroxylation is 1. The predicted molar refractivity (Wildman–Crippen MR) is 96.3 cm³/mol. The Kier molecular flexibility index (Phi) is 7.99. The monoisotopic (exact) mass is 389 g/mol. The van der Waals surface area contributed by atoms with Crippen LogP contribution in [-0.4, -0.2) is 53.7 Å². The van der Waals surface area contributed by atoms with Gasteiger partial charge in [0.05, 0.1) is 11.7 Å². The zero-order valence-corrected chi connectivity index (χ0v) is 17.0. The molecular formula is C16H28N3O6P. The molecule has 0 bridgehead atoms. The number of amides is 1. The van der Waals surface area contributed by atoms with E-state index in [2.05, 4.69) is 10.4 Å². The van der Waals surface area contributed by atoms with Crippen LogP contribution in [0.4, 0.5) is 4.79 Å². The fourth-order valence-corrected chi connectivity index (χ4v) is 3.11. The van der Waals surface area contributed by atoms with Gasteiger partial charge in [-0.3, -0.25) is 14.0 Å². The third kappa shape index (κ3) is 7.27. The summed E-state index contributed by atoms with van der Waals surface area (Å²) >= 11 is 0. The number of nitrogens with zero attached hydrogens (tertiary/aromatic N) is 2. The lowest BCUT2D eigenvalue weighted by atomic mass is 10.1. The lowest BCUT2D eigenvalue weighted by Gasteiger charge is -2.23. The van der Waals surface area contributed by atoms with E-state index in [1.807, 2.05) is 6.92 Å². The molecule has 0 aliphatic heterocycles. The van der Waals surface area contributed by atoms with Gasteiger partial charge in [-0.15, -0.1) is 0 Å². The highest BCUT2D eigenvalue weighted by Gasteiger charge is 2.32. The number of hydrogen-bond donors (Lipinski definition) is 1. The van der Waals surface area contributed by atoms with Crippen LogP contribution in [0.1, 0.15) is 33.4 Å². The molecule has 0 fully saturated rings. The lowest BCUT2D eigenvalue weighted by Crippen LogP contribution is -2.45. The number of ketones is 1. The molecule has 1 atom stereocenters. The minimum absolute atomic E-state index is 0.137.